The molecule has 0 aromatic carbocycles. The number of phosphoric ester groups is 1. The molecule has 0 bridgehead atoms. The number of hydrogen-bond acceptors (Lipinski definition) is 9. The third-order valence-corrected chi connectivity index (χ3v) is 9.97. The molecule has 3 N–H and O–H groups in total. The highest BCUT2D eigenvalue weighted by atomic mass is 31.2. The van der Waals surface area contributed by atoms with Gasteiger partial charge in [-0.05, 0) is 64.2 Å². The van der Waals surface area contributed by atoms with Crippen molar-refractivity contribution in [3.8, 4) is 0 Å². The first kappa shape index (κ1) is 52.2. The first-order valence-electron chi connectivity index (χ1n) is 21.4. The molecule has 0 aliphatic rings. The molecule has 0 fully saturated rings. The van der Waals surface area contributed by atoms with Gasteiger partial charge in [-0.3, -0.25) is 18.6 Å². The van der Waals surface area contributed by atoms with E-state index in [1.54, 1.807) is 0 Å². The number of aliphatic hydroxyl groups excluding tert-OH is 2. The normalized spacial score (nSPS) is 14.2. The van der Waals surface area contributed by atoms with E-state index in [1.165, 1.54) is 77.0 Å². The number of unbranched alkanes of at least 4 members (excludes halogenated alkanes) is 20. The van der Waals surface area contributed by atoms with Crippen LogP contribution >= 0.6 is 7.82 Å². The average Bonchev–Trinajstić information content (AvgIpc) is 3.16. The lowest BCUT2D eigenvalue weighted by Crippen LogP contribution is -2.29. The predicted octanol–water partition coefficient (Wildman–Crippen LogP) is 11.2. The monoisotopic (exact) mass is 787 g/mol. The molecule has 0 aliphatic heterocycles. The van der Waals surface area contributed by atoms with Gasteiger partial charge in [0.25, 0.3) is 0 Å². The lowest BCUT2D eigenvalue weighted by molar-refractivity contribution is -0.161. The van der Waals surface area contributed by atoms with Crippen LogP contribution < -0.4 is 0 Å². The van der Waals surface area contributed by atoms with E-state index < -0.39 is 51.8 Å². The maximum Gasteiger partial charge on any atom is 0.472 e. The van der Waals surface area contributed by atoms with E-state index in [-0.39, 0.29) is 19.4 Å². The maximum atomic E-state index is 12.6. The van der Waals surface area contributed by atoms with Gasteiger partial charge in [0.05, 0.1) is 19.8 Å². The highest BCUT2D eigenvalue weighted by Crippen LogP contribution is 2.43. The van der Waals surface area contributed by atoms with Crippen LogP contribution in [0.25, 0.3) is 0 Å². The van der Waals surface area contributed by atoms with Gasteiger partial charge in [-0.2, -0.15) is 0 Å². The van der Waals surface area contributed by atoms with Crippen LogP contribution in [0.15, 0.2) is 36.5 Å². The lowest BCUT2D eigenvalue weighted by Gasteiger charge is -2.20. The fraction of sp³-hybridized carbons (Fsp3) is 0.814. The zero-order chi connectivity index (χ0) is 39.8. The Morgan fingerprint density at radius 2 is 0.981 bits per heavy atom. The molecule has 0 amide bonds. The maximum absolute atomic E-state index is 12.6. The van der Waals surface area contributed by atoms with Crippen LogP contribution in [0.2, 0.25) is 0 Å². The highest BCUT2D eigenvalue weighted by Gasteiger charge is 2.27. The smallest absolute Gasteiger partial charge is 0.462 e. The predicted molar refractivity (Wildman–Crippen MR) is 219 cm³/mol. The number of phosphoric acid groups is 1. The molecule has 3 atom stereocenters. The molecule has 0 aliphatic carbocycles. The fourth-order valence-corrected chi connectivity index (χ4v) is 6.44. The van der Waals surface area contributed by atoms with E-state index >= 15 is 0 Å². The van der Waals surface area contributed by atoms with Crippen LogP contribution in [0.4, 0.5) is 0 Å². The highest BCUT2D eigenvalue weighted by molar-refractivity contribution is 7.47. The molecule has 0 saturated carbocycles. The Morgan fingerprint density at radius 3 is 1.50 bits per heavy atom. The Balaban J connectivity index is 4.31. The van der Waals surface area contributed by atoms with Crippen molar-refractivity contribution in [3.63, 3.8) is 0 Å². The number of carbonyl (C=O) groups is 2. The Morgan fingerprint density at radius 1 is 0.556 bits per heavy atom. The van der Waals surface area contributed by atoms with Gasteiger partial charge in [0.2, 0.25) is 0 Å². The average molecular weight is 787 g/mol. The van der Waals surface area contributed by atoms with Crippen LogP contribution in [0, 0.1) is 0 Å². The van der Waals surface area contributed by atoms with Crippen LogP contribution in [0.3, 0.4) is 0 Å². The van der Waals surface area contributed by atoms with Crippen molar-refractivity contribution in [2.75, 3.05) is 26.4 Å². The summed E-state index contributed by atoms with van der Waals surface area (Å²) in [4.78, 5) is 34.9. The molecule has 54 heavy (non-hydrogen) atoms. The summed E-state index contributed by atoms with van der Waals surface area (Å²) in [7, 11) is -4.62. The van der Waals surface area contributed by atoms with E-state index in [9.17, 15) is 24.2 Å². The summed E-state index contributed by atoms with van der Waals surface area (Å²) in [5.41, 5.74) is 0. The van der Waals surface area contributed by atoms with Crippen molar-refractivity contribution in [2.45, 2.75) is 199 Å². The molecule has 0 spiro atoms. The summed E-state index contributed by atoms with van der Waals surface area (Å²) >= 11 is 0. The second kappa shape index (κ2) is 39.4. The van der Waals surface area contributed by atoms with Crippen LogP contribution in [-0.2, 0) is 32.7 Å². The number of esters is 2. The molecule has 0 aromatic heterocycles. The number of rotatable bonds is 40. The minimum Gasteiger partial charge on any atom is -0.462 e. The topological polar surface area (TPSA) is 149 Å². The van der Waals surface area contributed by atoms with Gasteiger partial charge < -0.3 is 24.6 Å². The van der Waals surface area contributed by atoms with Gasteiger partial charge in [0, 0.05) is 12.8 Å². The van der Waals surface area contributed by atoms with E-state index in [0.717, 1.165) is 70.6 Å². The largest absolute Gasteiger partial charge is 0.472 e. The molecule has 316 valence electrons. The Bertz CT molecular complexity index is 999. The molecule has 0 rings (SSSR count). The zero-order valence-corrected chi connectivity index (χ0v) is 35.1. The lowest BCUT2D eigenvalue weighted by atomic mass is 10.1. The third-order valence-electron chi connectivity index (χ3n) is 9.02. The van der Waals surface area contributed by atoms with E-state index in [0.29, 0.717) is 12.8 Å². The van der Waals surface area contributed by atoms with E-state index in [2.05, 4.69) is 54.8 Å². The molecule has 0 radical (unpaired) electrons. The fourth-order valence-electron chi connectivity index (χ4n) is 5.65. The standard InChI is InChI=1S/C43H79O10P/c1-3-5-7-9-11-13-15-17-19-20-21-23-24-26-28-30-32-34-42(46)50-38-41(39-52-54(48,49)51-37-40(45)36-44)53-43(47)35-33-31-29-27-25-22-18-16-14-12-10-8-6-4-2/h10,12,16-19,40-41,44-45H,3-9,11,13-15,20-39H2,1-2H3,(H,48,49)/b12-10-,18-16-,19-17-/t40-,41+/m0/s1. The SMILES string of the molecule is CCCC/C=C\C/C=C\CCCCCCCC(=O)O[C@H](COC(=O)CCCCCCCCC/C=C\CCCCCCCC)COP(=O)(O)OC[C@@H](O)CO. The number of aliphatic hydroxyl groups is 2. The van der Waals surface area contributed by atoms with Gasteiger partial charge >= 0.3 is 19.8 Å². The van der Waals surface area contributed by atoms with E-state index in [4.69, 9.17) is 19.1 Å². The minimum absolute atomic E-state index is 0.167. The van der Waals surface area contributed by atoms with Gasteiger partial charge in [-0.1, -0.05) is 147 Å². The number of ether oxygens (including phenoxy) is 2. The molecule has 0 heterocycles. The molecule has 0 saturated heterocycles. The van der Waals surface area contributed by atoms with Crippen LogP contribution in [0.1, 0.15) is 187 Å². The van der Waals surface area contributed by atoms with Crippen LogP contribution in [0.5, 0.6) is 0 Å². The third kappa shape index (κ3) is 38.5. The quantitative estimate of drug-likeness (QED) is 0.0237. The number of carbonyl (C=O) groups excluding carboxylic acids is 2. The summed E-state index contributed by atoms with van der Waals surface area (Å²) < 4.78 is 32.7. The van der Waals surface area contributed by atoms with Crippen molar-refractivity contribution >= 4 is 19.8 Å². The summed E-state index contributed by atoms with van der Waals surface area (Å²) in [5, 5.41) is 18.3. The van der Waals surface area contributed by atoms with Crippen molar-refractivity contribution in [1.29, 1.82) is 0 Å². The first-order chi connectivity index (χ1) is 26.2. The number of hydrogen-bond donors (Lipinski definition) is 3. The Kier molecular flexibility index (Phi) is 38.1. The molecule has 1 unspecified atom stereocenters. The van der Waals surface area contributed by atoms with Crippen molar-refractivity contribution in [3.05, 3.63) is 36.5 Å². The second-order valence-corrected chi connectivity index (χ2v) is 15.8. The summed E-state index contributed by atoms with van der Waals surface area (Å²) in [5.74, 6) is -0.945. The summed E-state index contributed by atoms with van der Waals surface area (Å²) in [6.45, 7) is 2.31. The minimum atomic E-state index is -4.62. The summed E-state index contributed by atoms with van der Waals surface area (Å²) in [6, 6.07) is 0. The van der Waals surface area contributed by atoms with Gasteiger partial charge in [0.15, 0.2) is 6.10 Å². The van der Waals surface area contributed by atoms with Crippen molar-refractivity contribution in [1.82, 2.24) is 0 Å². The van der Waals surface area contributed by atoms with Crippen molar-refractivity contribution in [2.24, 2.45) is 0 Å². The Hall–Kier alpha value is -1.81. The van der Waals surface area contributed by atoms with Crippen molar-refractivity contribution < 1.29 is 47.8 Å². The molecule has 0 aromatic rings. The molecular weight excluding hydrogens is 707 g/mol. The Labute approximate surface area is 329 Å². The number of allylic oxidation sites excluding steroid dienone is 6. The van der Waals surface area contributed by atoms with Crippen LogP contribution in [-0.4, -0.2) is 65.7 Å². The van der Waals surface area contributed by atoms with Gasteiger partial charge in [0.1, 0.15) is 12.7 Å². The summed E-state index contributed by atoms with van der Waals surface area (Å²) in [6.07, 6.45) is 39.6. The second-order valence-electron chi connectivity index (χ2n) is 14.4. The first-order valence-corrected chi connectivity index (χ1v) is 22.9. The van der Waals surface area contributed by atoms with Gasteiger partial charge in [-0.15, -0.1) is 0 Å². The molecule has 10 nitrogen and oxygen atoms in total. The van der Waals surface area contributed by atoms with E-state index in [1.807, 2.05) is 0 Å². The molecular formula is C43H79O10P. The molecule has 11 heteroatoms. The van der Waals surface area contributed by atoms with Gasteiger partial charge in [-0.25, -0.2) is 4.57 Å². The zero-order valence-electron chi connectivity index (χ0n) is 34.2.